The van der Waals surface area contributed by atoms with E-state index in [0.29, 0.717) is 13.0 Å². The molecule has 2 aliphatic heterocycles. The number of benzene rings is 1. The minimum Gasteiger partial charge on any atom is -0.320 e. The van der Waals surface area contributed by atoms with Crippen molar-refractivity contribution in [1.29, 1.82) is 0 Å². The van der Waals surface area contributed by atoms with Crippen molar-refractivity contribution in [3.63, 3.8) is 0 Å². The van der Waals surface area contributed by atoms with Gasteiger partial charge < -0.3 is 15.1 Å². The van der Waals surface area contributed by atoms with Crippen LogP contribution in [0.1, 0.15) is 31.7 Å². The van der Waals surface area contributed by atoms with Gasteiger partial charge in [-0.3, -0.25) is 4.79 Å². The van der Waals surface area contributed by atoms with Crippen LogP contribution in [-0.2, 0) is 4.79 Å². The molecule has 1 N–H and O–H groups in total. The van der Waals surface area contributed by atoms with Gasteiger partial charge in [0.25, 0.3) is 0 Å². The minimum absolute atomic E-state index is 0.0817. The van der Waals surface area contributed by atoms with Crippen LogP contribution in [0.15, 0.2) is 29.8 Å². The van der Waals surface area contributed by atoms with Gasteiger partial charge in [0.1, 0.15) is 0 Å². The maximum Gasteiger partial charge on any atom is 0.322 e. The normalized spacial score (nSPS) is 18.2. The number of nitrogens with zero attached hydrogens (tertiary/aromatic N) is 2. The first kappa shape index (κ1) is 15.6. The number of carbonyl (C=O) groups excluding carboxylic acids is 2. The third-order valence-corrected chi connectivity index (χ3v) is 4.57. The SMILES string of the molecule is CC1=CCN(C(=O)Nc2cc(N3CCCC3=O)ccc2C)CC1. The lowest BCUT2D eigenvalue weighted by Gasteiger charge is -2.26. The van der Waals surface area contributed by atoms with Crippen LogP contribution in [0.2, 0.25) is 0 Å². The van der Waals surface area contributed by atoms with Gasteiger partial charge in [-0.05, 0) is 44.4 Å². The number of amides is 3. The fourth-order valence-electron chi connectivity index (χ4n) is 2.98. The van der Waals surface area contributed by atoms with Gasteiger partial charge in [0, 0.05) is 37.4 Å². The Labute approximate surface area is 137 Å². The molecule has 1 saturated heterocycles. The molecule has 2 aliphatic rings. The number of nitrogens with one attached hydrogen (secondary N) is 1. The highest BCUT2D eigenvalue weighted by molar-refractivity contribution is 5.97. The van der Waals surface area contributed by atoms with Crippen LogP contribution in [0.5, 0.6) is 0 Å². The zero-order valence-corrected chi connectivity index (χ0v) is 13.8. The quantitative estimate of drug-likeness (QED) is 0.852. The lowest BCUT2D eigenvalue weighted by molar-refractivity contribution is -0.117. The van der Waals surface area contributed by atoms with Gasteiger partial charge >= 0.3 is 6.03 Å². The third kappa shape index (κ3) is 3.38. The smallest absolute Gasteiger partial charge is 0.320 e. The predicted octanol–water partition coefficient (Wildman–Crippen LogP) is 3.31. The van der Waals surface area contributed by atoms with Crippen LogP contribution < -0.4 is 10.2 Å². The van der Waals surface area contributed by atoms with Gasteiger partial charge in [0.05, 0.1) is 0 Å². The molecule has 3 rings (SSSR count). The molecule has 122 valence electrons. The molecule has 0 aromatic heterocycles. The first-order valence-corrected chi connectivity index (χ1v) is 8.17. The molecule has 5 nitrogen and oxygen atoms in total. The number of anilines is 2. The van der Waals surface area contributed by atoms with Gasteiger partial charge in [0.15, 0.2) is 0 Å². The van der Waals surface area contributed by atoms with Gasteiger partial charge in [-0.2, -0.15) is 0 Å². The molecule has 2 heterocycles. The maximum atomic E-state index is 12.4. The molecule has 1 fully saturated rings. The Morgan fingerprint density at radius 3 is 2.65 bits per heavy atom. The van der Waals surface area contributed by atoms with Crippen molar-refractivity contribution >= 4 is 23.3 Å². The zero-order valence-electron chi connectivity index (χ0n) is 13.8. The second-order valence-electron chi connectivity index (χ2n) is 6.32. The average molecular weight is 313 g/mol. The standard InChI is InChI=1S/C18H23N3O2/c1-13-7-10-20(11-8-13)18(23)19-16-12-15(6-5-14(16)2)21-9-3-4-17(21)22/h5-7,12H,3-4,8-11H2,1-2H3,(H,19,23). The molecular weight excluding hydrogens is 290 g/mol. The van der Waals surface area contributed by atoms with Gasteiger partial charge in [-0.25, -0.2) is 4.79 Å². The highest BCUT2D eigenvalue weighted by Crippen LogP contribution is 2.27. The summed E-state index contributed by atoms with van der Waals surface area (Å²) in [5.74, 6) is 0.155. The number of hydrogen-bond donors (Lipinski definition) is 1. The molecule has 5 heteroatoms. The van der Waals surface area contributed by atoms with Crippen molar-refractivity contribution in [1.82, 2.24) is 4.90 Å². The van der Waals surface area contributed by atoms with Crippen LogP contribution in [0.3, 0.4) is 0 Å². The Morgan fingerprint density at radius 2 is 2.00 bits per heavy atom. The summed E-state index contributed by atoms with van der Waals surface area (Å²) in [5, 5.41) is 2.99. The molecular formula is C18H23N3O2. The van der Waals surface area contributed by atoms with Crippen LogP contribution >= 0.6 is 0 Å². The lowest BCUT2D eigenvalue weighted by Crippen LogP contribution is -2.38. The maximum absolute atomic E-state index is 12.4. The molecule has 3 amide bonds. The average Bonchev–Trinajstić information content (AvgIpc) is 2.96. The summed E-state index contributed by atoms with van der Waals surface area (Å²) in [7, 11) is 0. The van der Waals surface area contributed by atoms with Gasteiger partial charge in [-0.1, -0.05) is 17.7 Å². The summed E-state index contributed by atoms with van der Waals surface area (Å²) in [6.45, 7) is 6.21. The molecule has 0 atom stereocenters. The number of hydrogen-bond acceptors (Lipinski definition) is 2. The molecule has 0 bridgehead atoms. The van der Waals surface area contributed by atoms with E-state index >= 15 is 0 Å². The topological polar surface area (TPSA) is 52.7 Å². The van der Waals surface area contributed by atoms with Gasteiger partial charge in [-0.15, -0.1) is 0 Å². The number of rotatable bonds is 2. The van der Waals surface area contributed by atoms with E-state index < -0.39 is 0 Å². The van der Waals surface area contributed by atoms with Crippen molar-refractivity contribution in [3.05, 3.63) is 35.4 Å². The lowest BCUT2D eigenvalue weighted by atomic mass is 10.1. The second kappa shape index (κ2) is 6.44. The van der Waals surface area contributed by atoms with Crippen LogP contribution in [0, 0.1) is 6.92 Å². The van der Waals surface area contributed by atoms with Crippen molar-refractivity contribution in [2.45, 2.75) is 33.1 Å². The van der Waals surface area contributed by atoms with E-state index in [9.17, 15) is 9.59 Å². The van der Waals surface area contributed by atoms with E-state index in [1.807, 2.05) is 25.1 Å². The fraction of sp³-hybridized carbons (Fsp3) is 0.444. The first-order chi connectivity index (χ1) is 11.0. The van der Waals surface area contributed by atoms with Crippen molar-refractivity contribution in [2.24, 2.45) is 0 Å². The van der Waals surface area contributed by atoms with E-state index in [-0.39, 0.29) is 11.9 Å². The van der Waals surface area contributed by atoms with Crippen molar-refractivity contribution in [2.75, 3.05) is 29.9 Å². The molecule has 23 heavy (non-hydrogen) atoms. The highest BCUT2D eigenvalue weighted by Gasteiger charge is 2.23. The van der Waals surface area contributed by atoms with E-state index in [1.54, 1.807) is 9.80 Å². The third-order valence-electron chi connectivity index (χ3n) is 4.57. The number of carbonyl (C=O) groups is 2. The Bertz CT molecular complexity index is 666. The Kier molecular flexibility index (Phi) is 4.37. The minimum atomic E-state index is -0.0817. The summed E-state index contributed by atoms with van der Waals surface area (Å²) in [6, 6.07) is 5.72. The number of urea groups is 1. The van der Waals surface area contributed by atoms with Gasteiger partial charge in [0.2, 0.25) is 5.91 Å². The van der Waals surface area contributed by atoms with Crippen LogP contribution in [-0.4, -0.2) is 36.5 Å². The zero-order chi connectivity index (χ0) is 16.4. The first-order valence-electron chi connectivity index (χ1n) is 8.17. The second-order valence-corrected chi connectivity index (χ2v) is 6.32. The summed E-state index contributed by atoms with van der Waals surface area (Å²) in [4.78, 5) is 27.9. The molecule has 1 aromatic rings. The van der Waals surface area contributed by atoms with E-state index in [4.69, 9.17) is 0 Å². The Balaban J connectivity index is 1.74. The predicted molar refractivity (Wildman–Crippen MR) is 91.7 cm³/mol. The molecule has 1 aromatic carbocycles. The summed E-state index contributed by atoms with van der Waals surface area (Å²) >= 11 is 0. The van der Waals surface area contributed by atoms with Crippen LogP contribution in [0.4, 0.5) is 16.2 Å². The van der Waals surface area contributed by atoms with E-state index in [0.717, 1.165) is 42.9 Å². The largest absolute Gasteiger partial charge is 0.322 e. The summed E-state index contributed by atoms with van der Waals surface area (Å²) in [5.41, 5.74) is 3.97. The van der Waals surface area contributed by atoms with Crippen LogP contribution in [0.25, 0.3) is 0 Å². The summed E-state index contributed by atoms with van der Waals surface area (Å²) in [6.07, 6.45) is 4.52. The molecule has 0 radical (unpaired) electrons. The Hall–Kier alpha value is -2.30. The molecule has 0 unspecified atom stereocenters. The monoisotopic (exact) mass is 313 g/mol. The van der Waals surface area contributed by atoms with Crippen molar-refractivity contribution in [3.8, 4) is 0 Å². The van der Waals surface area contributed by atoms with Crippen molar-refractivity contribution < 1.29 is 9.59 Å². The highest BCUT2D eigenvalue weighted by atomic mass is 16.2. The van der Waals surface area contributed by atoms with E-state index in [1.165, 1.54) is 5.57 Å². The summed E-state index contributed by atoms with van der Waals surface area (Å²) < 4.78 is 0. The Morgan fingerprint density at radius 1 is 1.17 bits per heavy atom. The fourth-order valence-corrected chi connectivity index (χ4v) is 2.98. The molecule has 0 spiro atoms. The van der Waals surface area contributed by atoms with E-state index in [2.05, 4.69) is 18.3 Å². The molecule has 0 saturated carbocycles. The number of aryl methyl sites for hydroxylation is 1. The molecule has 0 aliphatic carbocycles.